The van der Waals surface area contributed by atoms with Gasteiger partial charge in [-0.2, -0.15) is 0 Å². The third kappa shape index (κ3) is 8.25. The average Bonchev–Trinajstić information content (AvgIpc) is 3.76. The molecule has 4 rings (SSSR count). The van der Waals surface area contributed by atoms with Crippen LogP contribution in [0.4, 0.5) is 4.39 Å². The van der Waals surface area contributed by atoms with Crippen LogP contribution in [-0.4, -0.2) is 79.2 Å². The van der Waals surface area contributed by atoms with E-state index in [2.05, 4.69) is 34.3 Å². The van der Waals surface area contributed by atoms with E-state index in [1.165, 1.54) is 12.8 Å². The van der Waals surface area contributed by atoms with E-state index >= 15 is 4.39 Å². The Balaban J connectivity index is 1.67. The molecule has 2 aromatic carbocycles. The molecule has 1 saturated carbocycles. The highest BCUT2D eigenvalue weighted by Crippen LogP contribution is 2.41. The molecule has 1 heterocycles. The molecular weight excluding hydrogens is 515 g/mol. The first-order chi connectivity index (χ1) is 19.5. The number of benzene rings is 2. The van der Waals surface area contributed by atoms with E-state index in [1.54, 1.807) is 6.07 Å². The lowest BCUT2D eigenvalue weighted by atomic mass is 9.84. The lowest BCUT2D eigenvalue weighted by Crippen LogP contribution is -2.38. The van der Waals surface area contributed by atoms with Crippen LogP contribution in [0.25, 0.3) is 16.7 Å². The van der Waals surface area contributed by atoms with Crippen LogP contribution in [0.3, 0.4) is 0 Å². The fraction of sp³-hybridized carbons (Fsp3) is 0.559. The van der Waals surface area contributed by atoms with Gasteiger partial charge in [-0.3, -0.25) is 4.99 Å². The lowest BCUT2D eigenvalue weighted by molar-refractivity contribution is 0.000564. The topological polar surface area (TPSA) is 71.3 Å². The summed E-state index contributed by atoms with van der Waals surface area (Å²) < 4.78 is 15.1. The minimum Gasteiger partial charge on any atom is -0.396 e. The second-order valence-electron chi connectivity index (χ2n) is 13.0. The summed E-state index contributed by atoms with van der Waals surface area (Å²) in [5, 5.41) is 24.9. The molecule has 1 aliphatic heterocycles. The van der Waals surface area contributed by atoms with Crippen molar-refractivity contribution >= 4 is 11.8 Å². The molecule has 224 valence electrons. The van der Waals surface area contributed by atoms with E-state index in [0.717, 1.165) is 59.3 Å². The van der Waals surface area contributed by atoms with Gasteiger partial charge < -0.3 is 25.3 Å². The first kappa shape index (κ1) is 31.4. The van der Waals surface area contributed by atoms with Crippen LogP contribution in [-0.2, 0) is 6.42 Å². The molecule has 41 heavy (non-hydrogen) atoms. The number of nitrogens with one attached hydrogen (secondary N) is 1. The molecular formula is C34H49FN4O2. The molecule has 0 spiro atoms. The van der Waals surface area contributed by atoms with E-state index in [9.17, 15) is 10.2 Å². The summed E-state index contributed by atoms with van der Waals surface area (Å²) in [5.41, 5.74) is 5.92. The normalized spacial score (nSPS) is 18.2. The van der Waals surface area contributed by atoms with Gasteiger partial charge in [0.2, 0.25) is 0 Å². The summed E-state index contributed by atoms with van der Waals surface area (Å²) in [7, 11) is 4.07. The maximum atomic E-state index is 15.1. The zero-order valence-corrected chi connectivity index (χ0v) is 25.8. The standard InChI is InChI=1S/C34H49FN4O2/c1-23(19-36-14-15-38(5)6)31-20-39(21-34(3,4)22-40)33(41)28-12-9-26(18-30(28)31)29-16-25(17-32(35)24(29)2)8-7-13-37-27-10-11-27/h9,12,16-20,23,27,33,37,40-41H,7-8,10-11,13-15,21-22H2,1-6H3. The second kappa shape index (κ2) is 13.6. The number of halogens is 1. The van der Waals surface area contributed by atoms with Crippen molar-refractivity contribution in [3.8, 4) is 11.1 Å². The summed E-state index contributed by atoms with van der Waals surface area (Å²) in [6.45, 7) is 11.0. The number of rotatable bonds is 14. The van der Waals surface area contributed by atoms with Gasteiger partial charge in [0, 0.05) is 55.0 Å². The largest absolute Gasteiger partial charge is 0.396 e. The molecule has 2 aromatic rings. The van der Waals surface area contributed by atoms with E-state index in [4.69, 9.17) is 0 Å². The van der Waals surface area contributed by atoms with Crippen molar-refractivity contribution in [3.63, 3.8) is 0 Å². The highest BCUT2D eigenvalue weighted by Gasteiger charge is 2.31. The van der Waals surface area contributed by atoms with Crippen LogP contribution in [0, 0.1) is 24.1 Å². The average molecular weight is 565 g/mol. The fourth-order valence-corrected chi connectivity index (χ4v) is 5.37. The van der Waals surface area contributed by atoms with Gasteiger partial charge >= 0.3 is 0 Å². The van der Waals surface area contributed by atoms with Gasteiger partial charge in [-0.05, 0) is 98.8 Å². The van der Waals surface area contributed by atoms with Crippen LogP contribution < -0.4 is 5.32 Å². The number of aliphatic hydroxyl groups excluding tert-OH is 2. The Morgan fingerprint density at radius 3 is 2.63 bits per heavy atom. The quantitative estimate of drug-likeness (QED) is 0.211. The molecule has 3 N–H and O–H groups in total. The highest BCUT2D eigenvalue weighted by atomic mass is 19.1. The van der Waals surface area contributed by atoms with Crippen LogP contribution in [0.2, 0.25) is 0 Å². The molecule has 0 aromatic heterocycles. The molecule has 0 saturated heterocycles. The van der Waals surface area contributed by atoms with E-state index in [-0.39, 0.29) is 23.8 Å². The Labute approximate surface area is 246 Å². The monoisotopic (exact) mass is 564 g/mol. The number of nitrogens with zero attached hydrogens (tertiary/aromatic N) is 3. The molecule has 2 aliphatic rings. The fourth-order valence-electron chi connectivity index (χ4n) is 5.37. The van der Waals surface area contributed by atoms with Gasteiger partial charge in [-0.1, -0.05) is 39.0 Å². The molecule has 0 bridgehead atoms. The predicted molar refractivity (Wildman–Crippen MR) is 168 cm³/mol. The number of aliphatic hydroxyl groups is 2. The van der Waals surface area contributed by atoms with Crippen molar-refractivity contribution in [1.29, 1.82) is 0 Å². The third-order valence-electron chi connectivity index (χ3n) is 8.16. The summed E-state index contributed by atoms with van der Waals surface area (Å²) in [4.78, 5) is 8.70. The number of allylic oxidation sites excluding steroid dienone is 1. The smallest absolute Gasteiger partial charge is 0.153 e. The zero-order valence-electron chi connectivity index (χ0n) is 25.8. The minimum absolute atomic E-state index is 0.00142. The van der Waals surface area contributed by atoms with Crippen LogP contribution in [0.15, 0.2) is 41.5 Å². The SMILES string of the molecule is Cc1c(F)cc(CCCNC2CC2)cc1-c1ccc2c(c1)C(C(C)C=NCCN(C)C)=CN(CC(C)(C)CO)C2O. The maximum absolute atomic E-state index is 15.1. The molecule has 0 radical (unpaired) electrons. The second-order valence-corrected chi connectivity index (χ2v) is 13.0. The minimum atomic E-state index is -0.838. The van der Waals surface area contributed by atoms with Gasteiger partial charge in [0.05, 0.1) is 6.54 Å². The maximum Gasteiger partial charge on any atom is 0.153 e. The molecule has 1 fully saturated rings. The number of fused-ring (bicyclic) bond motifs is 1. The molecule has 2 unspecified atom stereocenters. The molecule has 0 amide bonds. The van der Waals surface area contributed by atoms with Gasteiger partial charge in [0.25, 0.3) is 0 Å². The van der Waals surface area contributed by atoms with Gasteiger partial charge in [0.15, 0.2) is 6.23 Å². The number of likely N-dealkylation sites (N-methyl/N-ethyl adjacent to an activating group) is 1. The van der Waals surface area contributed by atoms with E-state index in [1.807, 2.05) is 64.3 Å². The Morgan fingerprint density at radius 2 is 1.95 bits per heavy atom. The molecule has 1 aliphatic carbocycles. The number of aryl methyl sites for hydroxylation is 1. The van der Waals surface area contributed by atoms with Gasteiger partial charge in [0.1, 0.15) is 5.82 Å². The third-order valence-corrected chi connectivity index (χ3v) is 8.16. The zero-order chi connectivity index (χ0) is 29.7. The van der Waals surface area contributed by atoms with Crippen LogP contribution in [0.5, 0.6) is 0 Å². The van der Waals surface area contributed by atoms with Crippen molar-refractivity contribution < 1.29 is 14.6 Å². The van der Waals surface area contributed by atoms with E-state index < -0.39 is 6.23 Å². The summed E-state index contributed by atoms with van der Waals surface area (Å²) in [6.07, 6.45) is 7.51. The Bertz CT molecular complexity index is 1250. The summed E-state index contributed by atoms with van der Waals surface area (Å²) in [6, 6.07) is 10.6. The molecule has 6 nitrogen and oxygen atoms in total. The van der Waals surface area contributed by atoms with Crippen molar-refractivity contribution in [2.24, 2.45) is 16.3 Å². The van der Waals surface area contributed by atoms with Gasteiger partial charge in [-0.15, -0.1) is 0 Å². The highest BCUT2D eigenvalue weighted by molar-refractivity contribution is 5.86. The predicted octanol–water partition coefficient (Wildman–Crippen LogP) is 5.42. The van der Waals surface area contributed by atoms with Crippen molar-refractivity contribution in [2.45, 2.75) is 65.6 Å². The van der Waals surface area contributed by atoms with E-state index in [0.29, 0.717) is 24.7 Å². The van der Waals surface area contributed by atoms with Crippen LogP contribution >= 0.6 is 0 Å². The number of hydrogen-bond acceptors (Lipinski definition) is 6. The van der Waals surface area contributed by atoms with Gasteiger partial charge in [-0.25, -0.2) is 4.39 Å². The summed E-state index contributed by atoms with van der Waals surface area (Å²) in [5.74, 6) is -0.179. The summed E-state index contributed by atoms with van der Waals surface area (Å²) >= 11 is 0. The molecule has 2 atom stereocenters. The Hall–Kier alpha value is -2.58. The Kier molecular flexibility index (Phi) is 10.4. The van der Waals surface area contributed by atoms with Crippen molar-refractivity contribution in [2.75, 3.05) is 46.9 Å². The number of hydrogen-bond donors (Lipinski definition) is 3. The molecule has 7 heteroatoms. The van der Waals surface area contributed by atoms with Crippen molar-refractivity contribution in [1.82, 2.24) is 15.1 Å². The van der Waals surface area contributed by atoms with Crippen molar-refractivity contribution in [3.05, 3.63) is 64.6 Å². The number of aliphatic imine (C=N–C) groups is 1. The first-order valence-corrected chi connectivity index (χ1v) is 15.1. The lowest BCUT2D eigenvalue weighted by Gasteiger charge is -2.39. The van der Waals surface area contributed by atoms with Crippen LogP contribution in [0.1, 0.15) is 68.5 Å². The first-order valence-electron chi connectivity index (χ1n) is 15.1. The Morgan fingerprint density at radius 1 is 1.20 bits per heavy atom.